The number of H-pyrrole nitrogens is 2. The molecule has 2 aromatic carbocycles. The average molecular weight is 413 g/mol. The van der Waals surface area contributed by atoms with Crippen molar-refractivity contribution < 1.29 is 4.39 Å². The van der Waals surface area contributed by atoms with E-state index >= 15 is 0 Å². The van der Waals surface area contributed by atoms with E-state index in [0.717, 1.165) is 29.1 Å². The predicted octanol–water partition coefficient (Wildman–Crippen LogP) is 5.00. The number of hydrogen-bond acceptors (Lipinski definition) is 4. The number of aromatic nitrogens is 4. The van der Waals surface area contributed by atoms with Crippen molar-refractivity contribution in [2.75, 3.05) is 5.73 Å². The first kappa shape index (κ1) is 18.1. The molecule has 1 saturated carbocycles. The van der Waals surface area contributed by atoms with Gasteiger partial charge in [-0.1, -0.05) is 18.9 Å². The van der Waals surface area contributed by atoms with Crippen molar-refractivity contribution in [2.45, 2.75) is 31.6 Å². The van der Waals surface area contributed by atoms with Crippen LogP contribution in [0.3, 0.4) is 0 Å². The number of hydrogen-bond donors (Lipinski definition) is 3. The lowest BCUT2D eigenvalue weighted by Gasteiger charge is -2.18. The first-order valence-electron chi connectivity index (χ1n) is 10.5. The van der Waals surface area contributed by atoms with Gasteiger partial charge in [-0.25, -0.2) is 4.39 Å². The van der Waals surface area contributed by atoms with Crippen LogP contribution >= 0.6 is 0 Å². The zero-order valence-corrected chi connectivity index (χ0v) is 16.7. The number of nitrogens with one attached hydrogen (secondary N) is 2. The smallest absolute Gasteiger partial charge is 0.272 e. The van der Waals surface area contributed by atoms with E-state index in [-0.39, 0.29) is 11.2 Å². The lowest BCUT2D eigenvalue weighted by Crippen LogP contribution is -2.14. The van der Waals surface area contributed by atoms with Crippen molar-refractivity contribution in [3.63, 3.8) is 0 Å². The largest absolute Gasteiger partial charge is 0.394 e. The van der Waals surface area contributed by atoms with Crippen molar-refractivity contribution in [1.29, 1.82) is 0 Å². The van der Waals surface area contributed by atoms with Crippen LogP contribution in [0.4, 0.5) is 10.1 Å². The summed E-state index contributed by atoms with van der Waals surface area (Å²) in [5.74, 6) is 0.0234. The molecule has 154 valence electrons. The third-order valence-corrected chi connectivity index (χ3v) is 6.57. The predicted molar refractivity (Wildman–Crippen MR) is 121 cm³/mol. The van der Waals surface area contributed by atoms with Crippen molar-refractivity contribution in [2.24, 2.45) is 0 Å². The van der Waals surface area contributed by atoms with E-state index in [9.17, 15) is 9.18 Å². The monoisotopic (exact) mass is 413 g/mol. The fourth-order valence-electron chi connectivity index (χ4n) is 5.11. The molecule has 0 aliphatic heterocycles. The minimum absolute atomic E-state index is 0.113. The summed E-state index contributed by atoms with van der Waals surface area (Å²) in [6.45, 7) is 0. The number of anilines is 1. The minimum atomic E-state index is -0.398. The van der Waals surface area contributed by atoms with E-state index in [4.69, 9.17) is 5.73 Å². The van der Waals surface area contributed by atoms with E-state index in [1.807, 2.05) is 12.1 Å². The summed E-state index contributed by atoms with van der Waals surface area (Å²) in [5.41, 5.74) is 10.5. The molecule has 0 unspecified atom stereocenters. The summed E-state index contributed by atoms with van der Waals surface area (Å²) in [4.78, 5) is 20.5. The highest BCUT2D eigenvalue weighted by Gasteiger charge is 2.24. The van der Waals surface area contributed by atoms with Crippen LogP contribution in [0, 0.1) is 5.82 Å². The molecule has 6 rings (SSSR count). The van der Waals surface area contributed by atoms with Gasteiger partial charge < -0.3 is 10.7 Å². The molecule has 7 heteroatoms. The molecular weight excluding hydrogens is 393 g/mol. The summed E-state index contributed by atoms with van der Waals surface area (Å²) in [5, 5.41) is 9.04. The Morgan fingerprint density at radius 3 is 2.74 bits per heavy atom. The van der Waals surface area contributed by atoms with Crippen molar-refractivity contribution in [3.8, 4) is 11.1 Å². The molecule has 6 nitrogen and oxygen atoms in total. The Labute approximate surface area is 176 Å². The molecule has 1 aliphatic carbocycles. The second kappa shape index (κ2) is 6.63. The number of nitrogen functional groups attached to an aromatic ring is 1. The maximum absolute atomic E-state index is 14.3. The minimum Gasteiger partial charge on any atom is -0.394 e. The molecule has 4 N–H and O–H groups in total. The number of nitrogens with zero attached hydrogens (tertiary/aromatic N) is 2. The number of aromatic amines is 2. The molecule has 1 aliphatic rings. The molecule has 1 fully saturated rings. The Bertz CT molecular complexity index is 1550. The molecule has 0 bridgehead atoms. The number of benzene rings is 2. The SMILES string of the molecule is Nc1c(-c2ccc(F)c3[nH]ncc23)c2cc(C3CCCC3)c3ncccc3c2[nH]c1=O. The van der Waals surface area contributed by atoms with E-state index in [0.29, 0.717) is 33.5 Å². The maximum Gasteiger partial charge on any atom is 0.272 e. The van der Waals surface area contributed by atoms with Gasteiger partial charge in [0.2, 0.25) is 0 Å². The van der Waals surface area contributed by atoms with Crippen LogP contribution in [-0.4, -0.2) is 20.2 Å². The highest BCUT2D eigenvalue weighted by atomic mass is 19.1. The van der Waals surface area contributed by atoms with E-state index in [1.54, 1.807) is 18.5 Å². The summed E-state index contributed by atoms with van der Waals surface area (Å²) >= 11 is 0. The highest BCUT2D eigenvalue weighted by molar-refractivity contribution is 6.15. The molecular formula is C24H20FN5O. The fourth-order valence-corrected chi connectivity index (χ4v) is 5.11. The summed E-state index contributed by atoms with van der Waals surface area (Å²) < 4.78 is 14.3. The van der Waals surface area contributed by atoms with E-state index in [2.05, 4.69) is 26.2 Å². The van der Waals surface area contributed by atoms with Crippen LogP contribution in [0.1, 0.15) is 37.2 Å². The molecule has 0 amide bonds. The molecule has 31 heavy (non-hydrogen) atoms. The quantitative estimate of drug-likeness (QED) is 0.355. The van der Waals surface area contributed by atoms with Crippen molar-refractivity contribution in [1.82, 2.24) is 20.2 Å². The molecule has 0 atom stereocenters. The summed E-state index contributed by atoms with van der Waals surface area (Å²) in [6.07, 6.45) is 8.00. The van der Waals surface area contributed by atoms with Gasteiger partial charge in [0.05, 0.1) is 17.2 Å². The molecule has 5 aromatic rings. The first-order chi connectivity index (χ1) is 15.1. The Balaban J connectivity index is 1.80. The number of halogens is 1. The maximum atomic E-state index is 14.3. The summed E-state index contributed by atoms with van der Waals surface area (Å²) in [7, 11) is 0. The second-order valence-corrected chi connectivity index (χ2v) is 8.27. The third-order valence-electron chi connectivity index (χ3n) is 6.57. The van der Waals surface area contributed by atoms with Crippen LogP contribution in [0.15, 0.2) is 47.5 Å². The van der Waals surface area contributed by atoms with E-state index in [1.165, 1.54) is 24.5 Å². The third kappa shape index (κ3) is 2.59. The highest BCUT2D eigenvalue weighted by Crippen LogP contribution is 2.43. The Kier molecular flexibility index (Phi) is 3.86. The van der Waals surface area contributed by atoms with Gasteiger partial charge in [0, 0.05) is 27.9 Å². The first-order valence-corrected chi connectivity index (χ1v) is 10.5. The molecule has 0 saturated heterocycles. The van der Waals surface area contributed by atoms with Gasteiger partial charge in [0.15, 0.2) is 0 Å². The van der Waals surface area contributed by atoms with Gasteiger partial charge >= 0.3 is 0 Å². The van der Waals surface area contributed by atoms with Crippen molar-refractivity contribution >= 4 is 38.4 Å². The Morgan fingerprint density at radius 2 is 1.90 bits per heavy atom. The van der Waals surface area contributed by atoms with Crippen LogP contribution < -0.4 is 11.3 Å². The topological polar surface area (TPSA) is 100 Å². The van der Waals surface area contributed by atoms with Crippen LogP contribution in [-0.2, 0) is 0 Å². The van der Waals surface area contributed by atoms with E-state index < -0.39 is 5.82 Å². The number of nitrogens with two attached hydrogens (primary N) is 1. The zero-order chi connectivity index (χ0) is 21.1. The molecule has 0 spiro atoms. The standard InChI is InChI=1S/C24H20FN5O/c25-18-8-7-13(17-11-28-30-23(17)18)19-16-10-15(12-4-1-2-5-12)21-14(6-3-9-27-21)22(16)29-24(31)20(19)26/h3,6-12H,1-2,4-5,26H2,(H,28,30)(H,29,31). The Morgan fingerprint density at radius 1 is 1.06 bits per heavy atom. The summed E-state index contributed by atoms with van der Waals surface area (Å²) in [6, 6.07) is 9.03. The number of pyridine rings is 2. The van der Waals surface area contributed by atoms with Gasteiger partial charge in [-0.15, -0.1) is 0 Å². The van der Waals surface area contributed by atoms with Crippen LogP contribution in [0.25, 0.3) is 43.8 Å². The Hall–Kier alpha value is -3.74. The van der Waals surface area contributed by atoms with Crippen LogP contribution in [0.5, 0.6) is 0 Å². The van der Waals surface area contributed by atoms with Crippen molar-refractivity contribution in [3.05, 3.63) is 64.5 Å². The molecule has 3 heterocycles. The lowest BCUT2D eigenvalue weighted by atomic mass is 9.89. The normalized spacial score (nSPS) is 14.9. The van der Waals surface area contributed by atoms with Gasteiger partial charge in [0.1, 0.15) is 17.0 Å². The number of rotatable bonds is 2. The van der Waals surface area contributed by atoms with Gasteiger partial charge in [-0.2, -0.15) is 5.10 Å². The molecule has 3 aromatic heterocycles. The zero-order valence-electron chi connectivity index (χ0n) is 16.7. The molecule has 0 radical (unpaired) electrons. The van der Waals surface area contributed by atoms with Gasteiger partial charge in [-0.3, -0.25) is 14.9 Å². The van der Waals surface area contributed by atoms with Gasteiger partial charge in [0.25, 0.3) is 5.56 Å². The van der Waals surface area contributed by atoms with Gasteiger partial charge in [-0.05, 0) is 54.2 Å². The lowest BCUT2D eigenvalue weighted by molar-refractivity contribution is 0.636. The second-order valence-electron chi connectivity index (χ2n) is 8.27. The average Bonchev–Trinajstić information content (AvgIpc) is 3.48. The van der Waals surface area contributed by atoms with Crippen LogP contribution in [0.2, 0.25) is 0 Å². The fraction of sp³-hybridized carbons (Fsp3) is 0.208. The number of fused-ring (bicyclic) bond motifs is 4.